The van der Waals surface area contributed by atoms with Gasteiger partial charge in [-0.25, -0.2) is 0 Å². The van der Waals surface area contributed by atoms with Gasteiger partial charge in [-0.1, -0.05) is 30.3 Å². The lowest BCUT2D eigenvalue weighted by Crippen LogP contribution is -2.31. The third-order valence-corrected chi connectivity index (χ3v) is 4.13. The quantitative estimate of drug-likeness (QED) is 0.752. The zero-order valence-corrected chi connectivity index (χ0v) is 14.8. The van der Waals surface area contributed by atoms with Crippen LogP contribution in [0.25, 0.3) is 0 Å². The molecule has 3 aromatic rings. The summed E-state index contributed by atoms with van der Waals surface area (Å²) < 4.78 is 3.63. The molecule has 0 fully saturated rings. The molecule has 0 aliphatic carbocycles. The molecule has 2 heterocycles. The van der Waals surface area contributed by atoms with E-state index < -0.39 is 0 Å². The number of nitrogens with one attached hydrogen (secondary N) is 1. The number of aromatic nitrogens is 4. The summed E-state index contributed by atoms with van der Waals surface area (Å²) in [5.41, 5.74) is 4.07. The standard InChI is InChI=1S/C19H23N5O/c1-14-9-15(2)24(22-14)16(3)19(25)20-10-18-11-21-23(13-18)12-17-7-5-4-6-8-17/h4-9,11,13,16H,10,12H2,1-3H3,(H,20,25). The van der Waals surface area contributed by atoms with Gasteiger partial charge < -0.3 is 5.32 Å². The molecule has 0 saturated carbocycles. The van der Waals surface area contributed by atoms with Gasteiger partial charge in [-0.15, -0.1) is 0 Å². The summed E-state index contributed by atoms with van der Waals surface area (Å²) in [7, 11) is 0. The van der Waals surface area contributed by atoms with Gasteiger partial charge in [0.15, 0.2) is 0 Å². The van der Waals surface area contributed by atoms with Gasteiger partial charge in [0.25, 0.3) is 0 Å². The summed E-state index contributed by atoms with van der Waals surface area (Å²) >= 11 is 0. The van der Waals surface area contributed by atoms with Crippen LogP contribution in [0.1, 0.15) is 35.5 Å². The van der Waals surface area contributed by atoms with E-state index in [-0.39, 0.29) is 11.9 Å². The van der Waals surface area contributed by atoms with Crippen LogP contribution in [-0.2, 0) is 17.9 Å². The molecule has 6 heteroatoms. The number of hydrogen-bond acceptors (Lipinski definition) is 3. The fourth-order valence-corrected chi connectivity index (χ4v) is 2.84. The number of amides is 1. The number of aryl methyl sites for hydroxylation is 2. The van der Waals surface area contributed by atoms with Crippen LogP contribution in [-0.4, -0.2) is 25.5 Å². The first-order valence-electron chi connectivity index (χ1n) is 8.38. The Kier molecular flexibility index (Phi) is 4.97. The monoisotopic (exact) mass is 337 g/mol. The predicted molar refractivity (Wildman–Crippen MR) is 96.0 cm³/mol. The highest BCUT2D eigenvalue weighted by atomic mass is 16.2. The van der Waals surface area contributed by atoms with Gasteiger partial charge in [-0.2, -0.15) is 10.2 Å². The first-order valence-corrected chi connectivity index (χ1v) is 8.38. The molecule has 3 rings (SSSR count). The van der Waals surface area contributed by atoms with Crippen LogP contribution >= 0.6 is 0 Å². The van der Waals surface area contributed by atoms with E-state index in [4.69, 9.17) is 0 Å². The molecule has 1 atom stereocenters. The number of carbonyl (C=O) groups is 1. The highest BCUT2D eigenvalue weighted by molar-refractivity contribution is 5.79. The topological polar surface area (TPSA) is 64.7 Å². The maximum Gasteiger partial charge on any atom is 0.244 e. The molecule has 0 aliphatic heterocycles. The molecule has 0 saturated heterocycles. The molecular weight excluding hydrogens is 314 g/mol. The van der Waals surface area contributed by atoms with Crippen molar-refractivity contribution in [2.75, 3.05) is 0 Å². The van der Waals surface area contributed by atoms with E-state index in [2.05, 4.69) is 27.6 Å². The number of nitrogens with zero attached hydrogens (tertiary/aromatic N) is 4. The minimum absolute atomic E-state index is 0.0537. The Morgan fingerprint density at radius 1 is 1.20 bits per heavy atom. The lowest BCUT2D eigenvalue weighted by atomic mass is 10.2. The Balaban J connectivity index is 1.56. The summed E-state index contributed by atoms with van der Waals surface area (Å²) in [6.07, 6.45) is 3.75. The van der Waals surface area contributed by atoms with Crippen molar-refractivity contribution >= 4 is 5.91 Å². The maximum absolute atomic E-state index is 12.4. The SMILES string of the molecule is Cc1cc(C)n(C(C)C(=O)NCc2cnn(Cc3ccccc3)c2)n1. The average molecular weight is 337 g/mol. The fraction of sp³-hybridized carbons (Fsp3) is 0.316. The molecule has 25 heavy (non-hydrogen) atoms. The first kappa shape index (κ1) is 17.0. The van der Waals surface area contributed by atoms with E-state index in [9.17, 15) is 4.79 Å². The Bertz CT molecular complexity index is 850. The molecular formula is C19H23N5O. The molecule has 0 bridgehead atoms. The normalized spacial score (nSPS) is 12.1. The van der Waals surface area contributed by atoms with E-state index in [1.165, 1.54) is 5.56 Å². The van der Waals surface area contributed by atoms with Crippen LogP contribution in [0.2, 0.25) is 0 Å². The van der Waals surface area contributed by atoms with E-state index in [0.717, 1.165) is 23.5 Å². The van der Waals surface area contributed by atoms with Crippen molar-refractivity contribution in [1.29, 1.82) is 0 Å². The van der Waals surface area contributed by atoms with Crippen molar-refractivity contribution in [2.45, 2.75) is 39.9 Å². The summed E-state index contributed by atoms with van der Waals surface area (Å²) in [6, 6.07) is 11.8. The van der Waals surface area contributed by atoms with Gasteiger partial charge >= 0.3 is 0 Å². The molecule has 130 valence electrons. The minimum atomic E-state index is -0.340. The highest BCUT2D eigenvalue weighted by Gasteiger charge is 2.17. The molecule has 6 nitrogen and oxygen atoms in total. The van der Waals surface area contributed by atoms with E-state index in [1.54, 1.807) is 10.9 Å². The molecule has 1 amide bonds. The van der Waals surface area contributed by atoms with Crippen LogP contribution in [0.3, 0.4) is 0 Å². The van der Waals surface area contributed by atoms with E-state index in [0.29, 0.717) is 6.54 Å². The number of rotatable bonds is 6. The first-order chi connectivity index (χ1) is 12.0. The zero-order chi connectivity index (χ0) is 17.8. The van der Waals surface area contributed by atoms with Gasteiger partial charge in [0.1, 0.15) is 6.04 Å². The van der Waals surface area contributed by atoms with Gasteiger partial charge in [0.05, 0.1) is 18.4 Å². The van der Waals surface area contributed by atoms with Crippen molar-refractivity contribution in [2.24, 2.45) is 0 Å². The van der Waals surface area contributed by atoms with Crippen LogP contribution in [0.15, 0.2) is 48.8 Å². The smallest absolute Gasteiger partial charge is 0.244 e. The van der Waals surface area contributed by atoms with Gasteiger partial charge in [-0.05, 0) is 32.4 Å². The molecule has 2 aromatic heterocycles. The Hall–Kier alpha value is -2.89. The summed E-state index contributed by atoms with van der Waals surface area (Å²) in [4.78, 5) is 12.4. The van der Waals surface area contributed by atoms with Gasteiger partial charge in [0, 0.05) is 24.0 Å². The number of benzene rings is 1. The van der Waals surface area contributed by atoms with Crippen LogP contribution < -0.4 is 5.32 Å². The molecule has 0 radical (unpaired) electrons. The third kappa shape index (κ3) is 4.15. The third-order valence-electron chi connectivity index (χ3n) is 4.13. The second-order valence-corrected chi connectivity index (χ2v) is 6.30. The lowest BCUT2D eigenvalue weighted by molar-refractivity contribution is -0.124. The summed E-state index contributed by atoms with van der Waals surface area (Å²) in [5.74, 6) is -0.0537. The molecule has 1 unspecified atom stereocenters. The number of hydrogen-bond donors (Lipinski definition) is 1. The molecule has 1 aromatic carbocycles. The zero-order valence-electron chi connectivity index (χ0n) is 14.8. The second kappa shape index (κ2) is 7.34. The highest BCUT2D eigenvalue weighted by Crippen LogP contribution is 2.11. The van der Waals surface area contributed by atoms with E-state index >= 15 is 0 Å². The van der Waals surface area contributed by atoms with Crippen molar-refractivity contribution in [3.05, 3.63) is 71.3 Å². The van der Waals surface area contributed by atoms with Gasteiger partial charge in [-0.3, -0.25) is 14.2 Å². The van der Waals surface area contributed by atoms with Crippen molar-refractivity contribution in [3.8, 4) is 0 Å². The predicted octanol–water partition coefficient (Wildman–Crippen LogP) is 2.62. The van der Waals surface area contributed by atoms with Gasteiger partial charge in [0.2, 0.25) is 5.91 Å². The van der Waals surface area contributed by atoms with Crippen molar-refractivity contribution in [1.82, 2.24) is 24.9 Å². The lowest BCUT2D eigenvalue weighted by Gasteiger charge is -2.14. The fourth-order valence-electron chi connectivity index (χ4n) is 2.84. The second-order valence-electron chi connectivity index (χ2n) is 6.30. The molecule has 0 spiro atoms. The minimum Gasteiger partial charge on any atom is -0.350 e. The van der Waals surface area contributed by atoms with Crippen LogP contribution in [0.4, 0.5) is 0 Å². The molecule has 0 aliphatic rings. The summed E-state index contributed by atoms with van der Waals surface area (Å²) in [5, 5.41) is 11.7. The molecule has 1 N–H and O–H groups in total. The summed E-state index contributed by atoms with van der Waals surface area (Å²) in [6.45, 7) is 6.91. The Morgan fingerprint density at radius 2 is 1.96 bits per heavy atom. The Labute approximate surface area is 147 Å². The maximum atomic E-state index is 12.4. The largest absolute Gasteiger partial charge is 0.350 e. The van der Waals surface area contributed by atoms with E-state index in [1.807, 2.05) is 55.9 Å². The van der Waals surface area contributed by atoms with Crippen LogP contribution in [0, 0.1) is 13.8 Å². The Morgan fingerprint density at radius 3 is 2.64 bits per heavy atom. The van der Waals surface area contributed by atoms with Crippen LogP contribution in [0.5, 0.6) is 0 Å². The van der Waals surface area contributed by atoms with Crippen molar-refractivity contribution < 1.29 is 4.79 Å². The number of carbonyl (C=O) groups excluding carboxylic acids is 1. The van der Waals surface area contributed by atoms with Crippen molar-refractivity contribution in [3.63, 3.8) is 0 Å². The average Bonchev–Trinajstić information content (AvgIpc) is 3.18.